The highest BCUT2D eigenvalue weighted by molar-refractivity contribution is 5.83. The first-order chi connectivity index (χ1) is 7.15. The molecule has 0 bridgehead atoms. The summed E-state index contributed by atoms with van der Waals surface area (Å²) in [6.07, 6.45) is 0.349. The third kappa shape index (κ3) is 3.59. The van der Waals surface area contributed by atoms with Gasteiger partial charge in [-0.1, -0.05) is 27.7 Å². The molecular weight excluding hydrogens is 206 g/mol. The van der Waals surface area contributed by atoms with E-state index in [1.807, 2.05) is 13.8 Å². The largest absolute Gasteiger partial charge is 0.396 e. The summed E-state index contributed by atoms with van der Waals surface area (Å²) < 4.78 is 0. The molecule has 0 radical (unpaired) electrons. The monoisotopic (exact) mass is 229 g/mol. The van der Waals surface area contributed by atoms with Crippen LogP contribution >= 0.6 is 0 Å². The highest BCUT2D eigenvalue weighted by Gasteiger charge is 2.42. The quantitative estimate of drug-likeness (QED) is 0.717. The van der Waals surface area contributed by atoms with E-state index in [2.05, 4.69) is 5.32 Å². The molecule has 0 fully saturated rings. The van der Waals surface area contributed by atoms with Crippen LogP contribution in [0.3, 0.4) is 0 Å². The van der Waals surface area contributed by atoms with Gasteiger partial charge in [-0.05, 0) is 6.92 Å². The number of carbonyl (C=O) groups is 2. The number of nitrogens with one attached hydrogen (secondary N) is 1. The second-order valence-corrected chi connectivity index (χ2v) is 5.37. The van der Waals surface area contributed by atoms with E-state index in [1.165, 1.54) is 6.92 Å². The van der Waals surface area contributed by atoms with Gasteiger partial charge >= 0.3 is 0 Å². The number of carbonyl (C=O) groups excluding carboxylic acids is 2. The zero-order valence-corrected chi connectivity index (χ0v) is 10.9. The Hall–Kier alpha value is -0.900. The van der Waals surface area contributed by atoms with Gasteiger partial charge in [0.25, 0.3) is 0 Å². The fourth-order valence-corrected chi connectivity index (χ4v) is 1.08. The van der Waals surface area contributed by atoms with Crippen molar-refractivity contribution in [2.75, 3.05) is 13.2 Å². The van der Waals surface area contributed by atoms with Gasteiger partial charge in [0.1, 0.15) is 5.78 Å². The van der Waals surface area contributed by atoms with Crippen LogP contribution in [0.5, 0.6) is 0 Å². The molecule has 0 aliphatic heterocycles. The second-order valence-electron chi connectivity index (χ2n) is 5.37. The number of amides is 1. The van der Waals surface area contributed by atoms with Gasteiger partial charge in [0.15, 0.2) is 0 Å². The molecule has 4 heteroatoms. The molecule has 0 heterocycles. The molecule has 1 amide bonds. The zero-order valence-electron chi connectivity index (χ0n) is 10.9. The molecule has 4 nitrogen and oxygen atoms in total. The van der Waals surface area contributed by atoms with Crippen molar-refractivity contribution in [3.63, 3.8) is 0 Å². The summed E-state index contributed by atoms with van der Waals surface area (Å²) in [4.78, 5) is 22.7. The lowest BCUT2D eigenvalue weighted by atomic mass is 9.68. The van der Waals surface area contributed by atoms with E-state index in [-0.39, 0.29) is 18.3 Å². The molecule has 0 aromatic carbocycles. The van der Waals surface area contributed by atoms with Gasteiger partial charge in [-0.2, -0.15) is 0 Å². The number of rotatable bonds is 6. The van der Waals surface area contributed by atoms with Crippen molar-refractivity contribution in [2.45, 2.75) is 41.0 Å². The first kappa shape index (κ1) is 15.1. The lowest BCUT2D eigenvalue weighted by Gasteiger charge is -2.38. The van der Waals surface area contributed by atoms with Gasteiger partial charge < -0.3 is 10.4 Å². The topological polar surface area (TPSA) is 66.4 Å². The lowest BCUT2D eigenvalue weighted by molar-refractivity contribution is -0.137. The predicted octanol–water partition coefficient (Wildman–Crippen LogP) is 1.13. The van der Waals surface area contributed by atoms with E-state index in [1.54, 1.807) is 13.8 Å². The fourth-order valence-electron chi connectivity index (χ4n) is 1.08. The van der Waals surface area contributed by atoms with E-state index >= 15 is 0 Å². The van der Waals surface area contributed by atoms with E-state index in [4.69, 9.17) is 0 Å². The highest BCUT2D eigenvalue weighted by atomic mass is 16.3. The zero-order chi connectivity index (χ0) is 13.0. The number of Topliss-reactive ketones (excluding diaryl/α,β-unsaturated/α-hetero) is 1. The van der Waals surface area contributed by atoms with Crippen LogP contribution in [-0.4, -0.2) is 29.9 Å². The van der Waals surface area contributed by atoms with Crippen molar-refractivity contribution in [1.82, 2.24) is 5.32 Å². The van der Waals surface area contributed by atoms with Gasteiger partial charge in [0, 0.05) is 25.0 Å². The second kappa shape index (κ2) is 5.43. The Morgan fingerprint density at radius 1 is 1.19 bits per heavy atom. The molecule has 2 N–H and O–H groups in total. The minimum atomic E-state index is -0.668. The fraction of sp³-hybridized carbons (Fsp3) is 0.833. The van der Waals surface area contributed by atoms with Crippen LogP contribution in [0.25, 0.3) is 0 Å². The minimum Gasteiger partial charge on any atom is -0.396 e. The van der Waals surface area contributed by atoms with Crippen LogP contribution in [0.1, 0.15) is 41.0 Å². The summed E-state index contributed by atoms with van der Waals surface area (Å²) in [6, 6.07) is 0. The molecule has 0 aliphatic rings. The molecule has 0 spiro atoms. The molecule has 0 rings (SSSR count). The number of ketones is 1. The van der Waals surface area contributed by atoms with E-state index < -0.39 is 10.8 Å². The maximum absolute atomic E-state index is 11.9. The SMILES string of the molecule is CC(=O)CCNC(=O)C(C)(C)C(C)(C)CO. The summed E-state index contributed by atoms with van der Waals surface area (Å²) in [7, 11) is 0. The Bertz CT molecular complexity index is 269. The van der Waals surface area contributed by atoms with Crippen molar-refractivity contribution in [3.8, 4) is 0 Å². The highest BCUT2D eigenvalue weighted by Crippen LogP contribution is 2.37. The Balaban J connectivity index is 4.42. The average Bonchev–Trinajstić information content (AvgIpc) is 2.16. The molecule has 0 aromatic heterocycles. The molecule has 94 valence electrons. The van der Waals surface area contributed by atoms with Crippen LogP contribution in [0.15, 0.2) is 0 Å². The number of hydrogen-bond acceptors (Lipinski definition) is 3. The van der Waals surface area contributed by atoms with Gasteiger partial charge in [0.05, 0.1) is 5.41 Å². The van der Waals surface area contributed by atoms with Gasteiger partial charge in [-0.3, -0.25) is 9.59 Å². The number of hydrogen-bond donors (Lipinski definition) is 2. The van der Waals surface area contributed by atoms with Crippen molar-refractivity contribution in [2.24, 2.45) is 10.8 Å². The summed E-state index contributed by atoms with van der Waals surface area (Å²) in [5.74, 6) is -0.0766. The maximum atomic E-state index is 11.9. The van der Waals surface area contributed by atoms with Crippen LogP contribution in [-0.2, 0) is 9.59 Å². The van der Waals surface area contributed by atoms with E-state index in [0.717, 1.165) is 0 Å². The predicted molar refractivity (Wildman–Crippen MR) is 63.0 cm³/mol. The number of aliphatic hydroxyl groups excluding tert-OH is 1. The molecule has 16 heavy (non-hydrogen) atoms. The van der Waals surface area contributed by atoms with Crippen molar-refractivity contribution in [1.29, 1.82) is 0 Å². The van der Waals surface area contributed by atoms with Gasteiger partial charge in [0.2, 0.25) is 5.91 Å². The molecule has 0 atom stereocenters. The Morgan fingerprint density at radius 3 is 2.06 bits per heavy atom. The normalized spacial score (nSPS) is 12.4. The third-order valence-corrected chi connectivity index (χ3v) is 3.42. The Morgan fingerprint density at radius 2 is 1.69 bits per heavy atom. The smallest absolute Gasteiger partial charge is 0.226 e. The average molecular weight is 229 g/mol. The van der Waals surface area contributed by atoms with Crippen molar-refractivity contribution in [3.05, 3.63) is 0 Å². The summed E-state index contributed by atoms with van der Waals surface area (Å²) in [5, 5.41) is 12.0. The summed E-state index contributed by atoms with van der Waals surface area (Å²) in [6.45, 7) is 9.09. The Labute approximate surface area is 97.4 Å². The van der Waals surface area contributed by atoms with E-state index in [0.29, 0.717) is 13.0 Å². The molecular formula is C12H23NO3. The molecule has 0 saturated heterocycles. The van der Waals surface area contributed by atoms with E-state index in [9.17, 15) is 14.7 Å². The van der Waals surface area contributed by atoms with Crippen LogP contribution in [0, 0.1) is 10.8 Å². The molecule has 0 aliphatic carbocycles. The van der Waals surface area contributed by atoms with Crippen LogP contribution in [0.4, 0.5) is 0 Å². The van der Waals surface area contributed by atoms with Crippen molar-refractivity contribution >= 4 is 11.7 Å². The van der Waals surface area contributed by atoms with Crippen LogP contribution < -0.4 is 5.32 Å². The first-order valence-electron chi connectivity index (χ1n) is 5.54. The molecule has 0 saturated carbocycles. The van der Waals surface area contributed by atoms with Gasteiger partial charge in [-0.25, -0.2) is 0 Å². The van der Waals surface area contributed by atoms with Gasteiger partial charge in [-0.15, -0.1) is 0 Å². The summed E-state index contributed by atoms with van der Waals surface area (Å²) in [5.41, 5.74) is -1.16. The lowest BCUT2D eigenvalue weighted by Crippen LogP contribution is -2.48. The van der Waals surface area contributed by atoms with Crippen LogP contribution in [0.2, 0.25) is 0 Å². The molecule has 0 unspecified atom stereocenters. The maximum Gasteiger partial charge on any atom is 0.226 e. The number of aliphatic hydroxyl groups is 1. The molecule has 0 aromatic rings. The standard InChI is InChI=1S/C12H23NO3/c1-9(15)6-7-13-10(16)12(4,5)11(2,3)8-14/h14H,6-8H2,1-5H3,(H,13,16). The third-order valence-electron chi connectivity index (χ3n) is 3.42. The Kier molecular flexibility index (Phi) is 5.13. The first-order valence-corrected chi connectivity index (χ1v) is 5.54. The van der Waals surface area contributed by atoms with Crippen molar-refractivity contribution < 1.29 is 14.7 Å². The minimum absolute atomic E-state index is 0.0551. The summed E-state index contributed by atoms with van der Waals surface area (Å²) >= 11 is 0.